The van der Waals surface area contributed by atoms with Crippen LogP contribution in [-0.4, -0.2) is 37.7 Å². The maximum Gasteiger partial charge on any atom is 0.253 e. The molecule has 0 spiro atoms. The molecule has 112 valence electrons. The summed E-state index contributed by atoms with van der Waals surface area (Å²) >= 11 is 0. The Morgan fingerprint density at radius 3 is 2.14 bits per heavy atom. The van der Waals surface area contributed by atoms with Gasteiger partial charge in [0.15, 0.2) is 8.32 Å². The van der Waals surface area contributed by atoms with Crippen LogP contribution in [0, 0.1) is 0 Å². The van der Waals surface area contributed by atoms with Crippen LogP contribution >= 0.6 is 0 Å². The largest absolute Gasteiger partial charge is 0.416 e. The van der Waals surface area contributed by atoms with Crippen molar-refractivity contribution in [3.63, 3.8) is 0 Å². The third-order valence-corrected chi connectivity index (χ3v) is 4.26. The Morgan fingerprint density at radius 2 is 1.62 bits per heavy atom. The van der Waals surface area contributed by atoms with Crippen molar-refractivity contribution in [2.24, 2.45) is 0 Å². The Labute approximate surface area is 126 Å². The van der Waals surface area contributed by atoms with E-state index in [4.69, 9.17) is 4.43 Å². The van der Waals surface area contributed by atoms with Crippen LogP contribution in [0.2, 0.25) is 19.6 Å². The van der Waals surface area contributed by atoms with E-state index >= 15 is 0 Å². The van der Waals surface area contributed by atoms with Gasteiger partial charge in [0, 0.05) is 12.2 Å². The molecule has 2 amide bonds. The summed E-state index contributed by atoms with van der Waals surface area (Å²) < 4.78 is 5.94. The molecule has 1 aliphatic heterocycles. The third kappa shape index (κ3) is 4.37. The van der Waals surface area contributed by atoms with E-state index < -0.39 is 8.32 Å². The normalized spacial score (nSPS) is 16.6. The second-order valence-electron chi connectivity index (χ2n) is 6.15. The quantitative estimate of drug-likeness (QED) is 0.599. The van der Waals surface area contributed by atoms with Crippen LogP contribution in [0.15, 0.2) is 42.5 Å². The lowest BCUT2D eigenvalue weighted by Crippen LogP contribution is -2.46. The van der Waals surface area contributed by atoms with Gasteiger partial charge in [0.25, 0.3) is 11.8 Å². The highest BCUT2D eigenvalue weighted by atomic mass is 28.4. The predicted octanol–water partition coefficient (Wildman–Crippen LogP) is 2.37. The molecule has 1 aromatic rings. The van der Waals surface area contributed by atoms with E-state index in [9.17, 15) is 9.59 Å². The highest BCUT2D eigenvalue weighted by molar-refractivity contribution is 6.69. The van der Waals surface area contributed by atoms with E-state index in [1.54, 1.807) is 0 Å². The zero-order valence-electron chi connectivity index (χ0n) is 12.7. The lowest BCUT2D eigenvalue weighted by Gasteiger charge is -2.29. The number of carbonyl (C=O) groups is 2. The Morgan fingerprint density at radius 1 is 1.05 bits per heavy atom. The van der Waals surface area contributed by atoms with Gasteiger partial charge in [0.1, 0.15) is 0 Å². The van der Waals surface area contributed by atoms with E-state index in [1.165, 1.54) is 17.1 Å². The van der Waals surface area contributed by atoms with Crippen molar-refractivity contribution < 1.29 is 14.0 Å². The van der Waals surface area contributed by atoms with Crippen molar-refractivity contribution in [1.29, 1.82) is 0 Å². The molecule has 0 aliphatic carbocycles. The van der Waals surface area contributed by atoms with E-state index in [1.807, 2.05) is 30.3 Å². The summed E-state index contributed by atoms with van der Waals surface area (Å²) in [6.07, 6.45) is 3.27. The molecule has 2 rings (SSSR count). The van der Waals surface area contributed by atoms with E-state index in [-0.39, 0.29) is 17.9 Å². The molecule has 1 aromatic carbocycles. The molecule has 1 atom stereocenters. The molecular formula is C16H21NO3Si. The van der Waals surface area contributed by atoms with Crippen molar-refractivity contribution in [2.45, 2.75) is 32.1 Å². The maximum atomic E-state index is 11.9. The summed E-state index contributed by atoms with van der Waals surface area (Å²) in [7, 11) is -1.70. The smallest absolute Gasteiger partial charge is 0.253 e. The van der Waals surface area contributed by atoms with Crippen molar-refractivity contribution in [3.8, 4) is 0 Å². The van der Waals surface area contributed by atoms with E-state index in [0.717, 1.165) is 5.56 Å². The lowest BCUT2D eigenvalue weighted by atomic mass is 10.1. The van der Waals surface area contributed by atoms with Crippen molar-refractivity contribution >= 4 is 20.1 Å². The summed E-state index contributed by atoms with van der Waals surface area (Å²) in [4.78, 5) is 25.1. The van der Waals surface area contributed by atoms with Crippen LogP contribution in [0.5, 0.6) is 0 Å². The van der Waals surface area contributed by atoms with Crippen LogP contribution in [0.25, 0.3) is 0 Å². The van der Waals surface area contributed by atoms with Gasteiger partial charge in [-0.15, -0.1) is 0 Å². The van der Waals surface area contributed by atoms with Crippen molar-refractivity contribution in [3.05, 3.63) is 48.0 Å². The topological polar surface area (TPSA) is 46.6 Å². The molecule has 4 nitrogen and oxygen atoms in total. The number of nitrogens with zero attached hydrogens (tertiary/aromatic N) is 1. The summed E-state index contributed by atoms with van der Waals surface area (Å²) in [5, 5.41) is 0. The lowest BCUT2D eigenvalue weighted by molar-refractivity contribution is -0.140. The van der Waals surface area contributed by atoms with E-state index in [2.05, 4.69) is 19.6 Å². The van der Waals surface area contributed by atoms with Gasteiger partial charge < -0.3 is 4.43 Å². The van der Waals surface area contributed by atoms with Gasteiger partial charge >= 0.3 is 0 Å². The first-order valence-corrected chi connectivity index (χ1v) is 10.5. The van der Waals surface area contributed by atoms with Gasteiger partial charge in [-0.05, 0) is 31.6 Å². The Balaban J connectivity index is 2.14. The first kappa shape index (κ1) is 15.7. The number of benzene rings is 1. The van der Waals surface area contributed by atoms with Gasteiger partial charge in [-0.2, -0.15) is 0 Å². The van der Waals surface area contributed by atoms with Crippen LogP contribution in [0.3, 0.4) is 0 Å². The SMILES string of the molecule is C[Si](C)(C)OC[C@H](Cc1ccccc1)N1C(=O)C=CC1=O. The van der Waals surface area contributed by atoms with Gasteiger partial charge in [-0.3, -0.25) is 14.5 Å². The average molecular weight is 303 g/mol. The second-order valence-corrected chi connectivity index (χ2v) is 10.7. The maximum absolute atomic E-state index is 11.9. The van der Waals surface area contributed by atoms with Crippen LogP contribution in [-0.2, 0) is 20.4 Å². The fourth-order valence-electron chi connectivity index (χ4n) is 2.23. The standard InChI is InChI=1S/C16H21NO3Si/c1-21(2,3)20-12-14(11-13-7-5-4-6-8-13)17-15(18)9-10-16(17)19/h4-10,14H,11-12H2,1-3H3/t14-/m0/s1. The highest BCUT2D eigenvalue weighted by Crippen LogP contribution is 2.16. The van der Waals surface area contributed by atoms with Crippen molar-refractivity contribution in [1.82, 2.24) is 4.90 Å². The molecule has 0 unspecified atom stereocenters. The molecule has 0 saturated heterocycles. The van der Waals surface area contributed by atoms with Gasteiger partial charge in [-0.1, -0.05) is 30.3 Å². The summed E-state index contributed by atoms with van der Waals surface area (Å²) in [5.74, 6) is -0.500. The molecule has 0 aromatic heterocycles. The number of amides is 2. The summed E-state index contributed by atoms with van der Waals surface area (Å²) in [6, 6.07) is 9.61. The third-order valence-electron chi connectivity index (χ3n) is 3.23. The Hall–Kier alpha value is -1.72. The molecular weight excluding hydrogens is 282 g/mol. The molecule has 5 heteroatoms. The molecule has 0 saturated carbocycles. The minimum Gasteiger partial charge on any atom is -0.416 e. The zero-order valence-corrected chi connectivity index (χ0v) is 13.7. The van der Waals surface area contributed by atoms with E-state index in [0.29, 0.717) is 13.0 Å². The van der Waals surface area contributed by atoms with Gasteiger partial charge in [0.05, 0.1) is 12.6 Å². The molecule has 1 aliphatic rings. The van der Waals surface area contributed by atoms with Crippen LogP contribution in [0.4, 0.5) is 0 Å². The number of imide groups is 1. The molecule has 0 bridgehead atoms. The molecule has 21 heavy (non-hydrogen) atoms. The number of hydrogen-bond acceptors (Lipinski definition) is 3. The number of hydrogen-bond donors (Lipinski definition) is 0. The van der Waals surface area contributed by atoms with Gasteiger partial charge in [0.2, 0.25) is 0 Å². The van der Waals surface area contributed by atoms with Gasteiger partial charge in [-0.25, -0.2) is 0 Å². The Kier molecular flexibility index (Phi) is 4.75. The fraction of sp³-hybridized carbons (Fsp3) is 0.375. The minimum atomic E-state index is -1.70. The first-order chi connectivity index (χ1) is 9.87. The van der Waals surface area contributed by atoms with Crippen LogP contribution < -0.4 is 0 Å². The molecule has 1 heterocycles. The zero-order chi connectivity index (χ0) is 15.5. The average Bonchev–Trinajstić information content (AvgIpc) is 2.75. The monoisotopic (exact) mass is 303 g/mol. The first-order valence-electron chi connectivity index (χ1n) is 7.10. The molecule has 0 radical (unpaired) electrons. The number of carbonyl (C=O) groups excluding carboxylic acids is 2. The highest BCUT2D eigenvalue weighted by Gasteiger charge is 2.32. The predicted molar refractivity (Wildman–Crippen MR) is 84.2 cm³/mol. The summed E-state index contributed by atoms with van der Waals surface area (Å²) in [6.45, 7) is 6.68. The molecule has 0 N–H and O–H groups in total. The Bertz CT molecular complexity index is 530. The summed E-state index contributed by atoms with van der Waals surface area (Å²) in [5.41, 5.74) is 1.09. The van der Waals surface area contributed by atoms with Crippen molar-refractivity contribution in [2.75, 3.05) is 6.61 Å². The second kappa shape index (κ2) is 6.36. The van der Waals surface area contributed by atoms with Crippen LogP contribution in [0.1, 0.15) is 5.56 Å². The number of rotatable bonds is 6. The minimum absolute atomic E-state index is 0.250. The fourth-order valence-corrected chi connectivity index (χ4v) is 2.92. The molecule has 0 fully saturated rings.